The van der Waals surface area contributed by atoms with Crippen LogP contribution in [0.3, 0.4) is 0 Å². The molecular weight excluding hydrogens is 208 g/mol. The van der Waals surface area contributed by atoms with E-state index in [4.69, 9.17) is 4.74 Å². The minimum absolute atomic E-state index is 0.303. The van der Waals surface area contributed by atoms with Crippen LogP contribution in [0.25, 0.3) is 0 Å². The summed E-state index contributed by atoms with van der Waals surface area (Å²) in [4.78, 5) is 26.8. The number of hydrogen-bond acceptors (Lipinski definition) is 4. The first kappa shape index (κ1) is 14.6. The number of ether oxygens (including phenoxy) is 1. The fourth-order valence-corrected chi connectivity index (χ4v) is 1.14. The smallest absolute Gasteiger partial charge is 0.410 e. The second-order valence-corrected chi connectivity index (χ2v) is 5.35. The number of hydrogen-bond donors (Lipinski definition) is 0. The van der Waals surface area contributed by atoms with Crippen molar-refractivity contribution < 1.29 is 14.3 Å². The Morgan fingerprint density at radius 3 is 2.19 bits per heavy atom. The van der Waals surface area contributed by atoms with Crippen molar-refractivity contribution in [3.63, 3.8) is 0 Å². The Morgan fingerprint density at radius 1 is 1.31 bits per heavy atom. The molecule has 0 aromatic heterocycles. The van der Waals surface area contributed by atoms with Gasteiger partial charge in [-0.1, -0.05) is 0 Å². The summed E-state index contributed by atoms with van der Waals surface area (Å²) >= 11 is 0. The van der Waals surface area contributed by atoms with Gasteiger partial charge in [0, 0.05) is 13.6 Å². The minimum atomic E-state index is -0.645. The molecule has 5 heteroatoms. The Morgan fingerprint density at radius 2 is 1.81 bits per heavy atom. The first-order valence-corrected chi connectivity index (χ1v) is 5.10. The standard InChI is InChI=1S/C11H20N2O3/c1-10(2,3)16-9(15)13(6)7-11(4,5)12-8-14/h7H2,1-6H3. The molecule has 0 aliphatic rings. The molecule has 0 aliphatic carbocycles. The lowest BCUT2D eigenvalue weighted by atomic mass is 10.1. The Balaban J connectivity index is 4.42. The van der Waals surface area contributed by atoms with E-state index in [1.807, 2.05) is 0 Å². The molecule has 1 amide bonds. The number of likely N-dealkylation sites (N-methyl/N-ethyl adjacent to an activating group) is 1. The molecule has 0 fully saturated rings. The van der Waals surface area contributed by atoms with E-state index in [1.54, 1.807) is 41.7 Å². The zero-order chi connectivity index (χ0) is 13.0. The van der Waals surface area contributed by atoms with E-state index < -0.39 is 17.2 Å². The van der Waals surface area contributed by atoms with Gasteiger partial charge in [0.05, 0.1) is 5.54 Å². The summed E-state index contributed by atoms with van der Waals surface area (Å²) in [5.74, 6) is 0. The van der Waals surface area contributed by atoms with Crippen LogP contribution in [-0.4, -0.2) is 41.8 Å². The number of isocyanates is 1. The first-order valence-electron chi connectivity index (χ1n) is 5.10. The molecule has 0 saturated carbocycles. The van der Waals surface area contributed by atoms with E-state index in [2.05, 4.69) is 4.99 Å². The van der Waals surface area contributed by atoms with Gasteiger partial charge in [0.15, 0.2) is 0 Å². The summed E-state index contributed by atoms with van der Waals surface area (Å²) in [6, 6.07) is 0. The highest BCUT2D eigenvalue weighted by molar-refractivity contribution is 5.67. The van der Waals surface area contributed by atoms with Crippen molar-refractivity contribution in [2.45, 2.75) is 45.8 Å². The molecule has 0 N–H and O–H groups in total. The van der Waals surface area contributed by atoms with Crippen LogP contribution >= 0.6 is 0 Å². The fraction of sp³-hybridized carbons (Fsp3) is 0.818. The van der Waals surface area contributed by atoms with E-state index in [0.29, 0.717) is 6.54 Å². The lowest BCUT2D eigenvalue weighted by Crippen LogP contribution is -2.41. The molecule has 0 aromatic rings. The summed E-state index contributed by atoms with van der Waals surface area (Å²) in [5.41, 5.74) is -1.17. The van der Waals surface area contributed by atoms with Gasteiger partial charge in [-0.2, -0.15) is 4.99 Å². The predicted molar refractivity (Wildman–Crippen MR) is 61.1 cm³/mol. The fourth-order valence-electron chi connectivity index (χ4n) is 1.14. The third-order valence-corrected chi connectivity index (χ3v) is 1.68. The number of rotatable bonds is 3. The molecule has 0 aromatic carbocycles. The zero-order valence-electron chi connectivity index (χ0n) is 10.8. The van der Waals surface area contributed by atoms with Crippen molar-refractivity contribution in [1.82, 2.24) is 4.90 Å². The average molecular weight is 228 g/mol. The highest BCUT2D eigenvalue weighted by Gasteiger charge is 2.25. The largest absolute Gasteiger partial charge is 0.444 e. The highest BCUT2D eigenvalue weighted by Crippen LogP contribution is 2.13. The Hall–Kier alpha value is -1.35. The summed E-state index contributed by atoms with van der Waals surface area (Å²) in [5, 5.41) is 0. The molecule has 0 radical (unpaired) electrons. The first-order chi connectivity index (χ1) is 7.07. The monoisotopic (exact) mass is 228 g/mol. The quantitative estimate of drug-likeness (QED) is 0.548. The van der Waals surface area contributed by atoms with Crippen molar-refractivity contribution in [2.75, 3.05) is 13.6 Å². The van der Waals surface area contributed by atoms with Gasteiger partial charge in [0.1, 0.15) is 5.60 Å². The van der Waals surface area contributed by atoms with E-state index in [1.165, 1.54) is 11.0 Å². The average Bonchev–Trinajstić information content (AvgIpc) is 1.99. The third kappa shape index (κ3) is 6.19. The van der Waals surface area contributed by atoms with Crippen LogP contribution in [0.5, 0.6) is 0 Å². The molecule has 92 valence electrons. The minimum Gasteiger partial charge on any atom is -0.444 e. The Labute approximate surface area is 96.5 Å². The maximum absolute atomic E-state index is 11.6. The van der Waals surface area contributed by atoms with Gasteiger partial charge >= 0.3 is 6.09 Å². The normalized spacial score (nSPS) is 11.6. The van der Waals surface area contributed by atoms with Crippen molar-refractivity contribution in [3.8, 4) is 0 Å². The maximum atomic E-state index is 11.6. The van der Waals surface area contributed by atoms with Crippen LogP contribution < -0.4 is 0 Å². The van der Waals surface area contributed by atoms with Crippen LogP contribution in [0.1, 0.15) is 34.6 Å². The molecule has 5 nitrogen and oxygen atoms in total. The van der Waals surface area contributed by atoms with Crippen molar-refractivity contribution >= 4 is 12.2 Å². The molecule has 0 unspecified atom stereocenters. The van der Waals surface area contributed by atoms with E-state index in [-0.39, 0.29) is 0 Å². The molecular formula is C11H20N2O3. The van der Waals surface area contributed by atoms with Crippen LogP contribution in [0.4, 0.5) is 4.79 Å². The number of carbonyl (C=O) groups is 1. The molecule has 0 heterocycles. The van der Waals surface area contributed by atoms with E-state index >= 15 is 0 Å². The number of nitrogens with zero attached hydrogens (tertiary/aromatic N) is 2. The van der Waals surface area contributed by atoms with Gasteiger partial charge in [-0.3, -0.25) is 0 Å². The van der Waals surface area contributed by atoms with Gasteiger partial charge in [0.2, 0.25) is 6.08 Å². The topological polar surface area (TPSA) is 59.0 Å². The van der Waals surface area contributed by atoms with Crippen LogP contribution in [-0.2, 0) is 9.53 Å². The SMILES string of the molecule is CN(CC(C)(C)N=C=O)C(=O)OC(C)(C)C. The van der Waals surface area contributed by atoms with Crippen LogP contribution in [0.2, 0.25) is 0 Å². The van der Waals surface area contributed by atoms with Crippen molar-refractivity contribution in [3.05, 3.63) is 0 Å². The molecule has 0 atom stereocenters. The lowest BCUT2D eigenvalue weighted by Gasteiger charge is -2.28. The van der Waals surface area contributed by atoms with Crippen molar-refractivity contribution in [2.24, 2.45) is 4.99 Å². The van der Waals surface area contributed by atoms with E-state index in [9.17, 15) is 9.59 Å². The molecule has 0 aliphatic heterocycles. The molecule has 0 bridgehead atoms. The number of aliphatic imine (C=N–C) groups is 1. The van der Waals surface area contributed by atoms with E-state index in [0.717, 1.165) is 0 Å². The summed E-state index contributed by atoms with van der Waals surface area (Å²) in [7, 11) is 1.61. The van der Waals surface area contributed by atoms with Gasteiger partial charge < -0.3 is 9.64 Å². The molecule has 0 spiro atoms. The second-order valence-electron chi connectivity index (χ2n) is 5.35. The molecule has 16 heavy (non-hydrogen) atoms. The lowest BCUT2D eigenvalue weighted by molar-refractivity contribution is 0.0271. The van der Waals surface area contributed by atoms with Crippen LogP contribution in [0.15, 0.2) is 4.99 Å². The predicted octanol–water partition coefficient (Wildman–Crippen LogP) is 1.97. The summed E-state index contributed by atoms with van der Waals surface area (Å²) < 4.78 is 5.17. The van der Waals surface area contributed by atoms with Crippen LogP contribution in [0, 0.1) is 0 Å². The third-order valence-electron chi connectivity index (χ3n) is 1.68. The number of carbonyl (C=O) groups excluding carboxylic acids is 2. The summed E-state index contributed by atoms with van der Waals surface area (Å²) in [6.45, 7) is 9.20. The van der Waals surface area contributed by atoms with Gasteiger partial charge in [-0.05, 0) is 34.6 Å². The van der Waals surface area contributed by atoms with Gasteiger partial charge in [-0.25, -0.2) is 9.59 Å². The van der Waals surface area contributed by atoms with Gasteiger partial charge in [0.25, 0.3) is 0 Å². The van der Waals surface area contributed by atoms with Gasteiger partial charge in [-0.15, -0.1) is 0 Å². The van der Waals surface area contributed by atoms with Crippen molar-refractivity contribution in [1.29, 1.82) is 0 Å². The second kappa shape index (κ2) is 5.12. The highest BCUT2D eigenvalue weighted by atomic mass is 16.6. The Kier molecular flexibility index (Phi) is 4.69. The summed E-state index contributed by atoms with van der Waals surface area (Å²) in [6.07, 6.45) is 1.07. The zero-order valence-corrected chi connectivity index (χ0v) is 10.8. The Bertz CT molecular complexity index is 299. The molecule has 0 saturated heterocycles. The maximum Gasteiger partial charge on any atom is 0.410 e. The number of amides is 1. The molecule has 0 rings (SSSR count).